The van der Waals surface area contributed by atoms with E-state index < -0.39 is 10.0 Å². The Morgan fingerprint density at radius 2 is 2.00 bits per heavy atom. The van der Waals surface area contributed by atoms with Crippen molar-refractivity contribution in [2.45, 2.75) is 18.9 Å². The summed E-state index contributed by atoms with van der Waals surface area (Å²) in [6.07, 6.45) is 2.82. The predicted octanol–water partition coefficient (Wildman–Crippen LogP) is 1.35. The van der Waals surface area contributed by atoms with Crippen LogP contribution in [-0.2, 0) is 16.4 Å². The Kier molecular flexibility index (Phi) is 5.92. The van der Waals surface area contributed by atoms with Gasteiger partial charge in [0.2, 0.25) is 10.0 Å². The summed E-state index contributed by atoms with van der Waals surface area (Å²) in [6.45, 7) is 2.09. The second-order valence-electron chi connectivity index (χ2n) is 7.23. The van der Waals surface area contributed by atoms with E-state index in [4.69, 9.17) is 0 Å². The van der Waals surface area contributed by atoms with Crippen LogP contribution in [0.25, 0.3) is 10.9 Å². The molecule has 1 N–H and O–H groups in total. The molecule has 1 saturated heterocycles. The van der Waals surface area contributed by atoms with Crippen molar-refractivity contribution < 1.29 is 13.5 Å². The molecule has 0 aliphatic carbocycles. The maximum Gasteiger partial charge on any atom is 0.213 e. The number of para-hydroxylation sites is 1. The molecule has 2 heterocycles. The Bertz CT molecular complexity index is 849. The number of aliphatic hydroxyl groups excluding tert-OH is 1. The number of hydrogen-bond donors (Lipinski definition) is 1. The predicted molar refractivity (Wildman–Crippen MR) is 103 cm³/mol. The van der Waals surface area contributed by atoms with Gasteiger partial charge in [0.05, 0.1) is 17.4 Å². The van der Waals surface area contributed by atoms with Gasteiger partial charge in [-0.25, -0.2) is 12.7 Å². The van der Waals surface area contributed by atoms with Crippen molar-refractivity contribution in [3.05, 3.63) is 42.1 Å². The van der Waals surface area contributed by atoms with E-state index in [1.54, 1.807) is 14.1 Å². The normalized spacial score (nSPS) is 21.7. The van der Waals surface area contributed by atoms with Gasteiger partial charge in [0.15, 0.2) is 0 Å². The van der Waals surface area contributed by atoms with E-state index >= 15 is 0 Å². The molecule has 7 heteroatoms. The minimum atomic E-state index is -3.15. The number of aliphatic hydroxyl groups is 1. The number of benzene rings is 1. The summed E-state index contributed by atoms with van der Waals surface area (Å²) in [6, 6.07) is 10.1. The molecular weight excluding hydrogens is 350 g/mol. The summed E-state index contributed by atoms with van der Waals surface area (Å²) in [5.41, 5.74) is 2.18. The molecule has 26 heavy (non-hydrogen) atoms. The molecule has 0 spiro atoms. The Hall–Kier alpha value is -1.54. The molecule has 6 nitrogen and oxygen atoms in total. The van der Waals surface area contributed by atoms with Gasteiger partial charge in [-0.3, -0.25) is 4.98 Å². The first-order valence-electron chi connectivity index (χ1n) is 9.00. The van der Waals surface area contributed by atoms with Crippen LogP contribution in [0.1, 0.15) is 12.0 Å². The Balaban J connectivity index is 1.59. The Labute approximate surface area is 155 Å². The first kappa shape index (κ1) is 19.2. The van der Waals surface area contributed by atoms with Crippen molar-refractivity contribution in [1.29, 1.82) is 0 Å². The van der Waals surface area contributed by atoms with Crippen molar-refractivity contribution in [3.63, 3.8) is 0 Å². The van der Waals surface area contributed by atoms with Crippen LogP contribution in [0, 0.1) is 5.92 Å². The fourth-order valence-corrected chi connectivity index (χ4v) is 4.45. The number of rotatable bonds is 7. The fraction of sp³-hybridized carbons (Fsp3) is 0.526. The molecule has 3 rings (SSSR count). The molecule has 0 unspecified atom stereocenters. The largest absolute Gasteiger partial charge is 0.391 e. The second-order valence-corrected chi connectivity index (χ2v) is 9.53. The van der Waals surface area contributed by atoms with Crippen molar-refractivity contribution in [2.75, 3.05) is 39.5 Å². The molecule has 0 radical (unpaired) electrons. The highest BCUT2D eigenvalue weighted by Crippen LogP contribution is 2.25. The van der Waals surface area contributed by atoms with Crippen molar-refractivity contribution in [3.8, 4) is 0 Å². The molecule has 0 saturated carbocycles. The van der Waals surface area contributed by atoms with Crippen LogP contribution in [0.2, 0.25) is 0 Å². The molecule has 1 aromatic carbocycles. The lowest BCUT2D eigenvalue weighted by Gasteiger charge is -2.17. The lowest BCUT2D eigenvalue weighted by Crippen LogP contribution is -2.29. The van der Waals surface area contributed by atoms with Crippen LogP contribution in [0.5, 0.6) is 0 Å². The summed E-state index contributed by atoms with van der Waals surface area (Å²) in [5, 5.41) is 11.6. The Morgan fingerprint density at radius 3 is 2.77 bits per heavy atom. The zero-order valence-electron chi connectivity index (χ0n) is 15.4. The van der Waals surface area contributed by atoms with Gasteiger partial charge in [0, 0.05) is 44.7 Å². The fourth-order valence-electron chi connectivity index (χ4n) is 3.59. The van der Waals surface area contributed by atoms with Crippen LogP contribution in [0.15, 0.2) is 36.5 Å². The number of β-amino-alcohol motifs (C(OH)–C–C–N with tert-alkyl or cyclic N) is 1. The molecule has 1 aromatic heterocycles. The van der Waals surface area contributed by atoms with Crippen LogP contribution in [0.4, 0.5) is 0 Å². The molecule has 0 amide bonds. The number of pyridine rings is 1. The monoisotopic (exact) mass is 377 g/mol. The highest BCUT2D eigenvalue weighted by molar-refractivity contribution is 7.89. The minimum Gasteiger partial charge on any atom is -0.391 e. The van der Waals surface area contributed by atoms with Gasteiger partial charge in [-0.2, -0.15) is 0 Å². The SMILES string of the molecule is CN(C)S(=O)(=O)CCCN1C[C@@H](Cc2ccnc3ccccc23)[C@H](O)C1. The summed E-state index contributed by atoms with van der Waals surface area (Å²) in [7, 11) is -0.0335. The average Bonchev–Trinajstić information content (AvgIpc) is 2.94. The van der Waals surface area contributed by atoms with Crippen LogP contribution in [0.3, 0.4) is 0 Å². The number of hydrogen-bond acceptors (Lipinski definition) is 5. The minimum absolute atomic E-state index is 0.145. The standard InChI is InChI=1S/C19H27N3O3S/c1-21(2)26(24,25)11-5-10-22-13-16(19(23)14-22)12-15-8-9-20-18-7-4-3-6-17(15)18/h3-4,6-9,16,19,23H,5,10-14H2,1-2H3/t16-,19-/m1/s1. The highest BCUT2D eigenvalue weighted by atomic mass is 32.2. The first-order chi connectivity index (χ1) is 12.4. The van der Waals surface area contributed by atoms with E-state index in [1.165, 1.54) is 9.87 Å². The first-order valence-corrected chi connectivity index (χ1v) is 10.6. The van der Waals surface area contributed by atoms with E-state index in [9.17, 15) is 13.5 Å². The summed E-state index contributed by atoms with van der Waals surface area (Å²) < 4.78 is 25.0. The van der Waals surface area contributed by atoms with Gasteiger partial charge >= 0.3 is 0 Å². The molecule has 1 fully saturated rings. The maximum absolute atomic E-state index is 11.9. The van der Waals surface area contributed by atoms with E-state index in [1.807, 2.05) is 30.5 Å². The van der Waals surface area contributed by atoms with Crippen LogP contribution in [-0.4, -0.2) is 73.3 Å². The number of fused-ring (bicyclic) bond motifs is 1. The van der Waals surface area contributed by atoms with Crippen LogP contribution < -0.4 is 0 Å². The van der Waals surface area contributed by atoms with Gasteiger partial charge in [0.25, 0.3) is 0 Å². The van der Waals surface area contributed by atoms with Crippen molar-refractivity contribution in [2.24, 2.45) is 5.92 Å². The summed E-state index contributed by atoms with van der Waals surface area (Å²) >= 11 is 0. The quantitative estimate of drug-likeness (QED) is 0.789. The van der Waals surface area contributed by atoms with Crippen molar-refractivity contribution >= 4 is 20.9 Å². The highest BCUT2D eigenvalue weighted by Gasteiger charge is 2.31. The van der Waals surface area contributed by atoms with E-state index in [0.29, 0.717) is 19.5 Å². The van der Waals surface area contributed by atoms with E-state index in [2.05, 4.69) is 16.0 Å². The van der Waals surface area contributed by atoms with Gasteiger partial charge in [-0.1, -0.05) is 18.2 Å². The van der Waals surface area contributed by atoms with Crippen molar-refractivity contribution in [1.82, 2.24) is 14.2 Å². The zero-order valence-corrected chi connectivity index (χ0v) is 16.2. The molecule has 142 valence electrons. The van der Waals surface area contributed by atoms with Gasteiger partial charge in [-0.05, 0) is 37.1 Å². The number of likely N-dealkylation sites (tertiary alicyclic amines) is 1. The maximum atomic E-state index is 11.9. The smallest absolute Gasteiger partial charge is 0.213 e. The third kappa shape index (κ3) is 4.40. The molecule has 1 aliphatic heterocycles. The second kappa shape index (κ2) is 8.00. The van der Waals surface area contributed by atoms with E-state index in [0.717, 1.165) is 23.9 Å². The average molecular weight is 378 g/mol. The van der Waals surface area contributed by atoms with Crippen LogP contribution >= 0.6 is 0 Å². The van der Waals surface area contributed by atoms with Gasteiger partial charge in [-0.15, -0.1) is 0 Å². The number of nitrogens with zero attached hydrogens (tertiary/aromatic N) is 3. The van der Waals surface area contributed by atoms with E-state index in [-0.39, 0.29) is 17.8 Å². The molecule has 0 bridgehead atoms. The summed E-state index contributed by atoms with van der Waals surface area (Å²) in [5.74, 6) is 0.304. The lowest BCUT2D eigenvalue weighted by molar-refractivity contribution is 0.141. The molecular formula is C19H27N3O3S. The van der Waals surface area contributed by atoms with Gasteiger partial charge < -0.3 is 10.0 Å². The lowest BCUT2D eigenvalue weighted by atomic mass is 9.94. The number of sulfonamides is 1. The number of aromatic nitrogens is 1. The third-order valence-electron chi connectivity index (χ3n) is 5.14. The topological polar surface area (TPSA) is 73.7 Å². The van der Waals surface area contributed by atoms with Gasteiger partial charge in [0.1, 0.15) is 0 Å². The zero-order chi connectivity index (χ0) is 18.7. The molecule has 2 atom stereocenters. The molecule has 1 aliphatic rings. The summed E-state index contributed by atoms with van der Waals surface area (Å²) in [4.78, 5) is 6.56. The Morgan fingerprint density at radius 1 is 1.23 bits per heavy atom. The molecule has 2 aromatic rings. The third-order valence-corrected chi connectivity index (χ3v) is 7.05.